The Morgan fingerprint density at radius 1 is 1.31 bits per heavy atom. The quantitative estimate of drug-likeness (QED) is 0.210. The first-order valence-electron chi connectivity index (χ1n) is 9.76. The van der Waals surface area contributed by atoms with E-state index in [9.17, 15) is 14.0 Å². The maximum atomic E-state index is 13.1. The van der Waals surface area contributed by atoms with E-state index in [0.29, 0.717) is 32.7 Å². The lowest BCUT2D eigenvalue weighted by atomic mass is 10.2. The normalized spacial score (nSPS) is 11.1. The molecule has 3 heterocycles. The Morgan fingerprint density at radius 2 is 2.09 bits per heavy atom. The minimum Gasteiger partial charge on any atom is -0.301 e. The molecule has 1 aromatic carbocycles. The molecule has 1 N–H and O–H groups in total. The Morgan fingerprint density at radius 3 is 2.81 bits per heavy atom. The molecule has 0 spiro atoms. The Balaban J connectivity index is 1.48. The second-order valence-corrected chi connectivity index (χ2v) is 9.68. The van der Waals surface area contributed by atoms with Gasteiger partial charge in [-0.25, -0.2) is 14.4 Å². The number of rotatable bonds is 8. The SMILES string of the molecule is C=CCn1c(SCC(=O)Nc2nc(-c3ccc(F)cc3)cs2)nc2sc(CC)cc2c1=O. The van der Waals surface area contributed by atoms with Gasteiger partial charge in [-0.3, -0.25) is 14.2 Å². The van der Waals surface area contributed by atoms with Crippen molar-refractivity contribution >= 4 is 55.7 Å². The van der Waals surface area contributed by atoms with Crippen molar-refractivity contribution in [1.82, 2.24) is 14.5 Å². The Labute approximate surface area is 195 Å². The highest BCUT2D eigenvalue weighted by atomic mass is 32.2. The van der Waals surface area contributed by atoms with E-state index in [1.54, 1.807) is 23.6 Å². The number of allylic oxidation sites excluding steroid dienone is 1. The van der Waals surface area contributed by atoms with Crippen LogP contribution in [0.4, 0.5) is 9.52 Å². The largest absolute Gasteiger partial charge is 0.301 e. The molecule has 32 heavy (non-hydrogen) atoms. The van der Waals surface area contributed by atoms with Crippen molar-refractivity contribution in [1.29, 1.82) is 0 Å². The molecule has 0 atom stereocenters. The topological polar surface area (TPSA) is 76.9 Å². The lowest BCUT2D eigenvalue weighted by Crippen LogP contribution is -2.23. The van der Waals surface area contributed by atoms with Gasteiger partial charge in [0.25, 0.3) is 5.56 Å². The van der Waals surface area contributed by atoms with E-state index in [1.807, 2.05) is 13.0 Å². The van der Waals surface area contributed by atoms with Crippen molar-refractivity contribution in [3.63, 3.8) is 0 Å². The lowest BCUT2D eigenvalue weighted by Gasteiger charge is -2.09. The summed E-state index contributed by atoms with van der Waals surface area (Å²) in [6.45, 7) is 6.07. The van der Waals surface area contributed by atoms with Gasteiger partial charge in [-0.1, -0.05) is 24.8 Å². The fourth-order valence-electron chi connectivity index (χ4n) is 2.99. The van der Waals surface area contributed by atoms with Crippen LogP contribution in [0.2, 0.25) is 0 Å². The number of hydrogen-bond acceptors (Lipinski definition) is 7. The van der Waals surface area contributed by atoms with E-state index >= 15 is 0 Å². The number of fused-ring (bicyclic) bond motifs is 1. The highest BCUT2D eigenvalue weighted by molar-refractivity contribution is 7.99. The minimum absolute atomic E-state index is 0.0760. The van der Waals surface area contributed by atoms with Crippen LogP contribution in [0.15, 0.2) is 58.3 Å². The molecule has 0 saturated carbocycles. The van der Waals surface area contributed by atoms with Gasteiger partial charge >= 0.3 is 0 Å². The number of nitrogens with zero attached hydrogens (tertiary/aromatic N) is 3. The van der Waals surface area contributed by atoms with Crippen LogP contribution in [0.25, 0.3) is 21.5 Å². The van der Waals surface area contributed by atoms with Gasteiger partial charge in [0.2, 0.25) is 5.91 Å². The Kier molecular flexibility index (Phi) is 6.83. The van der Waals surface area contributed by atoms with Gasteiger partial charge in [0.15, 0.2) is 10.3 Å². The molecule has 0 aliphatic carbocycles. The fraction of sp³-hybridized carbons (Fsp3) is 0.182. The van der Waals surface area contributed by atoms with Crippen LogP contribution in [-0.4, -0.2) is 26.2 Å². The van der Waals surface area contributed by atoms with Crippen molar-refractivity contribution in [2.45, 2.75) is 25.0 Å². The predicted molar refractivity (Wildman–Crippen MR) is 130 cm³/mol. The summed E-state index contributed by atoms with van der Waals surface area (Å²) in [6.07, 6.45) is 2.47. The van der Waals surface area contributed by atoms with E-state index < -0.39 is 0 Å². The average molecular weight is 487 g/mol. The summed E-state index contributed by atoms with van der Waals surface area (Å²) in [7, 11) is 0. The summed E-state index contributed by atoms with van der Waals surface area (Å²) >= 11 is 3.98. The molecule has 0 aliphatic rings. The van der Waals surface area contributed by atoms with Crippen molar-refractivity contribution in [3.8, 4) is 11.3 Å². The van der Waals surface area contributed by atoms with E-state index in [4.69, 9.17) is 0 Å². The first-order chi connectivity index (χ1) is 15.5. The van der Waals surface area contributed by atoms with E-state index in [-0.39, 0.29) is 23.0 Å². The molecule has 3 aromatic heterocycles. The summed E-state index contributed by atoms with van der Waals surface area (Å²) in [5.41, 5.74) is 1.30. The molecule has 164 valence electrons. The molecule has 0 fully saturated rings. The number of thiophene rings is 1. The highest BCUT2D eigenvalue weighted by Crippen LogP contribution is 2.27. The monoisotopic (exact) mass is 486 g/mol. The Hall–Kier alpha value is -2.82. The second-order valence-electron chi connectivity index (χ2n) is 6.77. The number of carbonyl (C=O) groups excluding carboxylic acids is 1. The lowest BCUT2D eigenvalue weighted by molar-refractivity contribution is -0.113. The smallest absolute Gasteiger partial charge is 0.263 e. The van der Waals surface area contributed by atoms with Gasteiger partial charge < -0.3 is 5.32 Å². The highest BCUT2D eigenvalue weighted by Gasteiger charge is 2.16. The number of halogens is 1. The molecule has 6 nitrogen and oxygen atoms in total. The number of benzene rings is 1. The summed E-state index contributed by atoms with van der Waals surface area (Å²) < 4.78 is 14.6. The average Bonchev–Trinajstić information content (AvgIpc) is 3.42. The van der Waals surface area contributed by atoms with Crippen LogP contribution in [0, 0.1) is 5.82 Å². The number of aromatic nitrogens is 3. The number of amides is 1. The van der Waals surface area contributed by atoms with Crippen LogP contribution < -0.4 is 10.9 Å². The second kappa shape index (κ2) is 9.76. The minimum atomic E-state index is -0.315. The van der Waals surface area contributed by atoms with Gasteiger partial charge in [-0.2, -0.15) is 0 Å². The third-order valence-corrected chi connectivity index (χ3v) is 7.46. The van der Waals surface area contributed by atoms with Gasteiger partial charge in [0.1, 0.15) is 10.6 Å². The summed E-state index contributed by atoms with van der Waals surface area (Å²) in [5.74, 6) is -0.494. The van der Waals surface area contributed by atoms with Crippen LogP contribution >= 0.6 is 34.4 Å². The molecule has 0 saturated heterocycles. The number of aryl methyl sites for hydroxylation is 1. The van der Waals surface area contributed by atoms with Gasteiger partial charge in [0.05, 0.1) is 16.8 Å². The molecular formula is C22H19FN4O2S3. The number of thioether (sulfide) groups is 1. The van der Waals surface area contributed by atoms with E-state index in [2.05, 4.69) is 21.9 Å². The summed E-state index contributed by atoms with van der Waals surface area (Å²) in [5, 5.41) is 6.10. The standard InChI is InChI=1S/C22H19FN4O2S3/c1-3-9-27-20(29)16-10-15(4-2)32-19(16)26-22(27)31-12-18(28)25-21-24-17(11-30-21)13-5-7-14(23)8-6-13/h3,5-8,10-11H,1,4,9,12H2,2H3,(H,24,25,28). The zero-order valence-electron chi connectivity index (χ0n) is 17.1. The van der Waals surface area contributed by atoms with Crippen LogP contribution in [0.1, 0.15) is 11.8 Å². The number of nitrogens with one attached hydrogen (secondary N) is 1. The molecular weight excluding hydrogens is 467 g/mol. The van der Waals surface area contributed by atoms with Gasteiger partial charge in [-0.15, -0.1) is 29.3 Å². The van der Waals surface area contributed by atoms with Crippen LogP contribution in [0.3, 0.4) is 0 Å². The molecule has 4 aromatic rings. The molecule has 4 rings (SSSR count). The zero-order chi connectivity index (χ0) is 22.7. The fourth-order valence-corrected chi connectivity index (χ4v) is 5.54. The predicted octanol–water partition coefficient (Wildman–Crippen LogP) is 5.20. The molecule has 1 amide bonds. The van der Waals surface area contributed by atoms with Crippen LogP contribution in [0.5, 0.6) is 0 Å². The van der Waals surface area contributed by atoms with E-state index in [1.165, 1.54) is 51.1 Å². The molecule has 10 heteroatoms. The van der Waals surface area contributed by atoms with Crippen molar-refractivity contribution in [2.75, 3.05) is 11.1 Å². The third-order valence-electron chi connectivity index (χ3n) is 4.55. The van der Waals surface area contributed by atoms with Crippen molar-refractivity contribution in [3.05, 3.63) is 69.4 Å². The number of carbonyl (C=O) groups is 1. The van der Waals surface area contributed by atoms with Gasteiger partial charge in [-0.05, 0) is 36.8 Å². The maximum Gasteiger partial charge on any atom is 0.263 e. The maximum absolute atomic E-state index is 13.1. The molecule has 0 bridgehead atoms. The number of hydrogen-bond donors (Lipinski definition) is 1. The third kappa shape index (κ3) is 4.82. The van der Waals surface area contributed by atoms with Crippen LogP contribution in [-0.2, 0) is 17.8 Å². The first-order valence-corrected chi connectivity index (χ1v) is 12.4. The zero-order valence-corrected chi connectivity index (χ0v) is 19.6. The first kappa shape index (κ1) is 22.4. The molecule has 0 aliphatic heterocycles. The summed E-state index contributed by atoms with van der Waals surface area (Å²) in [6, 6.07) is 7.90. The summed E-state index contributed by atoms with van der Waals surface area (Å²) in [4.78, 5) is 36.2. The van der Waals surface area contributed by atoms with E-state index in [0.717, 1.165) is 16.9 Å². The van der Waals surface area contributed by atoms with Gasteiger partial charge in [0, 0.05) is 22.4 Å². The van der Waals surface area contributed by atoms with Crippen molar-refractivity contribution in [2.24, 2.45) is 0 Å². The Bertz CT molecular complexity index is 1340. The molecule has 0 unspecified atom stereocenters. The number of thiazole rings is 1. The number of anilines is 1. The molecule has 0 radical (unpaired) electrons. The van der Waals surface area contributed by atoms with Crippen molar-refractivity contribution < 1.29 is 9.18 Å².